The number of nitrogens with one attached hydrogen (secondary N) is 3. The summed E-state index contributed by atoms with van der Waals surface area (Å²) in [6.45, 7) is 6.61. The van der Waals surface area contributed by atoms with Crippen molar-refractivity contribution in [3.05, 3.63) is 36.4 Å². The summed E-state index contributed by atoms with van der Waals surface area (Å²) >= 11 is 0. The smallest absolute Gasteiger partial charge is 0.159 e. The largest absolute Gasteiger partial charge is 0.382 e. The summed E-state index contributed by atoms with van der Waals surface area (Å²) in [7, 11) is 4.38. The number of imidazole rings is 1. The lowest BCUT2D eigenvalue weighted by atomic mass is 10.0. The van der Waals surface area contributed by atoms with Crippen LogP contribution in [0.4, 0.5) is 11.4 Å². The average Bonchev–Trinajstić information content (AvgIpc) is 3.44. The molecule has 0 radical (unpaired) electrons. The molecule has 0 spiro atoms. The van der Waals surface area contributed by atoms with Crippen LogP contribution in [-0.2, 0) is 0 Å². The van der Waals surface area contributed by atoms with Crippen LogP contribution in [0.1, 0.15) is 12.8 Å². The number of likely N-dealkylation sites (tertiary alicyclic amines) is 1. The molecule has 2 aromatic heterocycles. The first-order chi connectivity index (χ1) is 16.1. The van der Waals surface area contributed by atoms with Crippen molar-refractivity contribution in [1.29, 1.82) is 0 Å². The zero-order valence-corrected chi connectivity index (χ0v) is 19.4. The predicted octanol–water partition coefficient (Wildman–Crippen LogP) is 3.36. The van der Waals surface area contributed by atoms with Gasteiger partial charge in [-0.05, 0) is 76.4 Å². The third-order valence-corrected chi connectivity index (χ3v) is 7.21. The number of piperidine rings is 1. The van der Waals surface area contributed by atoms with Crippen LogP contribution in [0.3, 0.4) is 0 Å². The van der Waals surface area contributed by atoms with E-state index >= 15 is 0 Å². The number of hydrogen-bond acceptors (Lipinski definition) is 6. The van der Waals surface area contributed by atoms with Gasteiger partial charge < -0.3 is 25.0 Å². The highest BCUT2D eigenvalue weighted by Crippen LogP contribution is 2.30. The van der Waals surface area contributed by atoms with Crippen LogP contribution in [-0.4, -0.2) is 89.4 Å². The SMILES string of the molecule is CN1CCC(Nc2ccc3c(-c4nc5ccc(N6CCN(C)CC6)cc5[nH]4)n[nH]c3c2)CC1. The molecule has 172 valence electrons. The molecule has 0 atom stereocenters. The van der Waals surface area contributed by atoms with Crippen LogP contribution in [0.25, 0.3) is 33.5 Å². The maximum atomic E-state index is 4.84. The molecular weight excluding hydrogens is 412 g/mol. The minimum absolute atomic E-state index is 0.533. The molecule has 0 unspecified atom stereocenters. The maximum absolute atomic E-state index is 4.84. The second-order valence-corrected chi connectivity index (χ2v) is 9.63. The highest BCUT2D eigenvalue weighted by atomic mass is 15.2. The molecule has 6 rings (SSSR count). The summed E-state index contributed by atoms with van der Waals surface area (Å²) in [5.41, 5.74) is 6.32. The van der Waals surface area contributed by atoms with E-state index in [4.69, 9.17) is 4.98 Å². The fourth-order valence-electron chi connectivity index (χ4n) is 5.05. The first-order valence-electron chi connectivity index (χ1n) is 12.0. The first-order valence-corrected chi connectivity index (χ1v) is 12.0. The van der Waals surface area contributed by atoms with E-state index in [0.29, 0.717) is 6.04 Å². The van der Waals surface area contributed by atoms with Gasteiger partial charge in [-0.25, -0.2) is 4.98 Å². The summed E-state index contributed by atoms with van der Waals surface area (Å²) in [4.78, 5) is 15.6. The number of anilines is 2. The van der Waals surface area contributed by atoms with E-state index in [-0.39, 0.29) is 0 Å². The molecule has 0 bridgehead atoms. The molecular formula is C25H32N8. The Morgan fingerprint density at radius 2 is 1.67 bits per heavy atom. The lowest BCUT2D eigenvalue weighted by Crippen LogP contribution is -2.44. The van der Waals surface area contributed by atoms with Crippen molar-refractivity contribution in [2.45, 2.75) is 18.9 Å². The van der Waals surface area contributed by atoms with Crippen LogP contribution in [0, 0.1) is 0 Å². The Hall–Kier alpha value is -3.10. The lowest BCUT2D eigenvalue weighted by molar-refractivity contribution is 0.264. The molecule has 3 N–H and O–H groups in total. The highest BCUT2D eigenvalue weighted by Gasteiger charge is 2.19. The Kier molecular flexibility index (Phi) is 5.19. The van der Waals surface area contributed by atoms with Gasteiger partial charge in [-0.2, -0.15) is 5.10 Å². The zero-order chi connectivity index (χ0) is 22.4. The molecule has 2 aliphatic heterocycles. The van der Waals surface area contributed by atoms with Crippen LogP contribution in [0.5, 0.6) is 0 Å². The standard InChI is InChI=1S/C25H32N8/c1-31-9-7-17(8-10-31)26-18-3-5-20-22(15-18)29-30-24(20)25-27-21-6-4-19(16-23(21)28-25)33-13-11-32(2)12-14-33/h3-6,15-17,26H,7-14H2,1-2H3,(H,27,28)(H,29,30). The molecule has 2 aromatic carbocycles. The number of hydrogen-bond donors (Lipinski definition) is 3. The molecule has 0 aliphatic carbocycles. The number of aromatic amines is 2. The maximum Gasteiger partial charge on any atom is 0.159 e. The monoisotopic (exact) mass is 444 g/mol. The van der Waals surface area contributed by atoms with Crippen molar-refractivity contribution in [1.82, 2.24) is 30.0 Å². The summed E-state index contributed by atoms with van der Waals surface area (Å²) in [6, 6.07) is 13.5. The lowest BCUT2D eigenvalue weighted by Gasteiger charge is -2.34. The number of likely N-dealkylation sites (N-methyl/N-ethyl adjacent to an activating group) is 1. The van der Waals surface area contributed by atoms with Crippen molar-refractivity contribution in [2.75, 3.05) is 63.6 Å². The molecule has 8 heteroatoms. The van der Waals surface area contributed by atoms with E-state index in [1.807, 2.05) is 0 Å². The first kappa shape index (κ1) is 20.5. The molecule has 0 saturated carbocycles. The Morgan fingerprint density at radius 3 is 2.48 bits per heavy atom. The van der Waals surface area contributed by atoms with Crippen molar-refractivity contribution in [3.8, 4) is 11.5 Å². The topological polar surface area (TPSA) is 79.1 Å². The second-order valence-electron chi connectivity index (χ2n) is 9.63. The number of piperazine rings is 1. The van der Waals surface area contributed by atoms with Gasteiger partial charge in [0.1, 0.15) is 5.69 Å². The zero-order valence-electron chi connectivity index (χ0n) is 19.4. The molecule has 2 saturated heterocycles. The van der Waals surface area contributed by atoms with Gasteiger partial charge in [0.25, 0.3) is 0 Å². The van der Waals surface area contributed by atoms with E-state index in [9.17, 15) is 0 Å². The van der Waals surface area contributed by atoms with Gasteiger partial charge in [0.2, 0.25) is 0 Å². The molecule has 2 aliphatic rings. The Bertz CT molecular complexity index is 1260. The Balaban J connectivity index is 1.24. The van der Waals surface area contributed by atoms with Crippen molar-refractivity contribution >= 4 is 33.3 Å². The van der Waals surface area contributed by atoms with E-state index in [1.165, 1.54) is 18.5 Å². The van der Waals surface area contributed by atoms with E-state index in [0.717, 1.165) is 78.4 Å². The van der Waals surface area contributed by atoms with Crippen molar-refractivity contribution in [3.63, 3.8) is 0 Å². The minimum atomic E-state index is 0.533. The highest BCUT2D eigenvalue weighted by molar-refractivity contribution is 5.95. The number of nitrogens with zero attached hydrogens (tertiary/aromatic N) is 5. The molecule has 4 heterocycles. The fourth-order valence-corrected chi connectivity index (χ4v) is 5.05. The molecule has 8 nitrogen and oxygen atoms in total. The van der Waals surface area contributed by atoms with Crippen molar-refractivity contribution in [2.24, 2.45) is 0 Å². The van der Waals surface area contributed by atoms with Gasteiger partial charge in [-0.3, -0.25) is 5.10 Å². The van der Waals surface area contributed by atoms with Gasteiger partial charge in [-0.1, -0.05) is 0 Å². The second kappa shape index (κ2) is 8.35. The van der Waals surface area contributed by atoms with Gasteiger partial charge in [0, 0.05) is 49.0 Å². The number of H-pyrrole nitrogens is 2. The predicted molar refractivity (Wildman–Crippen MR) is 135 cm³/mol. The van der Waals surface area contributed by atoms with E-state index in [2.05, 4.69) is 85.7 Å². The van der Waals surface area contributed by atoms with Crippen LogP contribution >= 0.6 is 0 Å². The summed E-state index contributed by atoms with van der Waals surface area (Å²) in [6.07, 6.45) is 2.36. The number of rotatable bonds is 4. The van der Waals surface area contributed by atoms with Crippen LogP contribution in [0.2, 0.25) is 0 Å². The summed E-state index contributed by atoms with van der Waals surface area (Å²) in [5, 5.41) is 12.6. The Labute approximate surface area is 194 Å². The molecule has 33 heavy (non-hydrogen) atoms. The average molecular weight is 445 g/mol. The van der Waals surface area contributed by atoms with Gasteiger partial charge in [-0.15, -0.1) is 0 Å². The summed E-state index contributed by atoms with van der Waals surface area (Å²) in [5.74, 6) is 0.808. The number of benzene rings is 2. The van der Waals surface area contributed by atoms with E-state index in [1.54, 1.807) is 0 Å². The fraction of sp³-hybridized carbons (Fsp3) is 0.440. The summed E-state index contributed by atoms with van der Waals surface area (Å²) < 4.78 is 0. The normalized spacial score (nSPS) is 19.0. The Morgan fingerprint density at radius 1 is 0.879 bits per heavy atom. The van der Waals surface area contributed by atoms with E-state index < -0.39 is 0 Å². The van der Waals surface area contributed by atoms with Crippen LogP contribution < -0.4 is 10.2 Å². The third kappa shape index (κ3) is 4.05. The third-order valence-electron chi connectivity index (χ3n) is 7.21. The molecule has 4 aromatic rings. The van der Waals surface area contributed by atoms with Gasteiger partial charge in [0.05, 0.1) is 16.6 Å². The van der Waals surface area contributed by atoms with Crippen molar-refractivity contribution < 1.29 is 0 Å². The van der Waals surface area contributed by atoms with Crippen LogP contribution in [0.15, 0.2) is 36.4 Å². The quantitative estimate of drug-likeness (QED) is 0.448. The number of fused-ring (bicyclic) bond motifs is 2. The van der Waals surface area contributed by atoms with Gasteiger partial charge >= 0.3 is 0 Å². The molecule has 0 amide bonds. The number of aromatic nitrogens is 4. The minimum Gasteiger partial charge on any atom is -0.382 e. The van der Waals surface area contributed by atoms with Gasteiger partial charge in [0.15, 0.2) is 5.82 Å². The molecule has 2 fully saturated rings.